The third-order valence-electron chi connectivity index (χ3n) is 1.91. The fraction of sp³-hybridized carbons (Fsp3) is 0.750. The van der Waals surface area contributed by atoms with Crippen molar-refractivity contribution in [1.82, 2.24) is 5.32 Å². The molecule has 1 unspecified atom stereocenters. The smallest absolute Gasteiger partial charge is 0.0576 e. The Morgan fingerprint density at radius 3 is 2.80 bits per heavy atom. The van der Waals surface area contributed by atoms with Gasteiger partial charge in [0.25, 0.3) is 0 Å². The molecule has 0 amide bonds. The highest BCUT2D eigenvalue weighted by atomic mass is 14.9. The average molecular weight is 138 g/mol. The molecule has 10 heavy (non-hydrogen) atoms. The van der Waals surface area contributed by atoms with Crippen LogP contribution in [0.15, 0.2) is 0 Å². The summed E-state index contributed by atoms with van der Waals surface area (Å²) in [7, 11) is 0. The summed E-state index contributed by atoms with van der Waals surface area (Å²) < 4.78 is 0. The maximum Gasteiger partial charge on any atom is 0.0576 e. The summed E-state index contributed by atoms with van der Waals surface area (Å²) in [6.07, 6.45) is 7.74. The van der Waals surface area contributed by atoms with Gasteiger partial charge in [-0.15, -0.1) is 6.42 Å². The van der Waals surface area contributed by atoms with Gasteiger partial charge in [0.1, 0.15) is 0 Å². The second-order valence-corrected chi connectivity index (χ2v) is 2.76. The van der Waals surface area contributed by atoms with Crippen LogP contribution in [-0.4, -0.2) is 19.1 Å². The highest BCUT2D eigenvalue weighted by molar-refractivity contribution is 4.93. The minimum atomic E-state index is 0.469. The molecule has 0 radical (unpaired) electrons. The maximum absolute atomic E-state index is 5.52. The molecule has 0 aromatic heterocycles. The number of hydrogen-bond acceptors (Lipinski definition) is 2. The predicted molar refractivity (Wildman–Crippen MR) is 42.4 cm³/mol. The Morgan fingerprint density at radius 2 is 2.40 bits per heavy atom. The zero-order valence-electron chi connectivity index (χ0n) is 6.14. The van der Waals surface area contributed by atoms with Gasteiger partial charge < -0.3 is 11.1 Å². The van der Waals surface area contributed by atoms with Crippen LogP contribution in [0.2, 0.25) is 0 Å². The number of nitrogens with two attached hydrogens (primary N) is 1. The standard InChI is InChI=1S/C8H14N2/c1-2-5-10-8(6-9)7-3-4-7/h1,7-8,10H,3-6,9H2. The summed E-state index contributed by atoms with van der Waals surface area (Å²) in [5, 5.41) is 3.22. The molecule has 1 saturated carbocycles. The third kappa shape index (κ3) is 2.02. The van der Waals surface area contributed by atoms with Crippen LogP contribution in [0.3, 0.4) is 0 Å². The second-order valence-electron chi connectivity index (χ2n) is 2.76. The zero-order chi connectivity index (χ0) is 7.40. The first-order valence-corrected chi connectivity index (χ1v) is 3.75. The molecule has 1 fully saturated rings. The molecule has 0 aromatic rings. The molecule has 1 rings (SSSR count). The van der Waals surface area contributed by atoms with Crippen molar-refractivity contribution < 1.29 is 0 Å². The highest BCUT2D eigenvalue weighted by Gasteiger charge is 2.29. The van der Waals surface area contributed by atoms with E-state index in [9.17, 15) is 0 Å². The maximum atomic E-state index is 5.52. The van der Waals surface area contributed by atoms with E-state index in [1.165, 1.54) is 12.8 Å². The van der Waals surface area contributed by atoms with Gasteiger partial charge in [0.05, 0.1) is 6.54 Å². The molecule has 0 aliphatic heterocycles. The van der Waals surface area contributed by atoms with Crippen LogP contribution in [0.1, 0.15) is 12.8 Å². The molecule has 0 aromatic carbocycles. The molecule has 1 atom stereocenters. The van der Waals surface area contributed by atoms with Crippen molar-refractivity contribution >= 4 is 0 Å². The average Bonchev–Trinajstić information content (AvgIpc) is 2.73. The Morgan fingerprint density at radius 1 is 1.70 bits per heavy atom. The molecule has 0 bridgehead atoms. The molecule has 2 nitrogen and oxygen atoms in total. The summed E-state index contributed by atoms with van der Waals surface area (Å²) in [6.45, 7) is 1.37. The first-order chi connectivity index (χ1) is 4.88. The number of nitrogens with one attached hydrogen (secondary N) is 1. The number of rotatable bonds is 4. The summed E-state index contributed by atoms with van der Waals surface area (Å²) in [5.74, 6) is 3.35. The third-order valence-corrected chi connectivity index (χ3v) is 1.91. The minimum absolute atomic E-state index is 0.469. The second kappa shape index (κ2) is 3.60. The zero-order valence-corrected chi connectivity index (χ0v) is 6.14. The molecular formula is C8H14N2. The molecule has 0 saturated heterocycles. The number of terminal acetylenes is 1. The van der Waals surface area contributed by atoms with Crippen molar-refractivity contribution in [2.75, 3.05) is 13.1 Å². The van der Waals surface area contributed by atoms with E-state index in [-0.39, 0.29) is 0 Å². The van der Waals surface area contributed by atoms with Gasteiger partial charge in [-0.3, -0.25) is 0 Å². The lowest BCUT2D eigenvalue weighted by Gasteiger charge is -2.12. The Kier molecular flexibility index (Phi) is 2.73. The summed E-state index contributed by atoms with van der Waals surface area (Å²) >= 11 is 0. The van der Waals surface area contributed by atoms with Crippen molar-refractivity contribution in [1.29, 1.82) is 0 Å². The fourth-order valence-electron chi connectivity index (χ4n) is 1.13. The van der Waals surface area contributed by atoms with E-state index in [0.717, 1.165) is 5.92 Å². The van der Waals surface area contributed by atoms with Crippen LogP contribution in [0.4, 0.5) is 0 Å². The largest absolute Gasteiger partial charge is 0.329 e. The van der Waals surface area contributed by atoms with Crippen molar-refractivity contribution in [3.8, 4) is 12.3 Å². The lowest BCUT2D eigenvalue weighted by molar-refractivity contribution is 0.497. The Labute approximate surface area is 62.2 Å². The molecule has 2 heteroatoms. The van der Waals surface area contributed by atoms with E-state index in [1.54, 1.807) is 0 Å². The Bertz CT molecular complexity index is 133. The van der Waals surface area contributed by atoms with Gasteiger partial charge in [0.15, 0.2) is 0 Å². The van der Waals surface area contributed by atoms with E-state index in [4.69, 9.17) is 12.2 Å². The molecule has 3 N–H and O–H groups in total. The van der Waals surface area contributed by atoms with Crippen molar-refractivity contribution in [2.45, 2.75) is 18.9 Å². The molecular weight excluding hydrogens is 124 g/mol. The SMILES string of the molecule is C#CCNC(CN)C1CC1. The normalized spacial score (nSPS) is 20.0. The van der Waals surface area contributed by atoms with Gasteiger partial charge in [-0.05, 0) is 18.8 Å². The van der Waals surface area contributed by atoms with Gasteiger partial charge in [-0.1, -0.05) is 5.92 Å². The van der Waals surface area contributed by atoms with Gasteiger partial charge in [0, 0.05) is 12.6 Å². The highest BCUT2D eigenvalue weighted by Crippen LogP contribution is 2.31. The van der Waals surface area contributed by atoms with Crippen molar-refractivity contribution in [3.05, 3.63) is 0 Å². The quantitative estimate of drug-likeness (QED) is 0.534. The Balaban J connectivity index is 2.14. The lowest BCUT2D eigenvalue weighted by Crippen LogP contribution is -2.37. The molecule has 0 spiro atoms. The van der Waals surface area contributed by atoms with Crippen molar-refractivity contribution in [3.63, 3.8) is 0 Å². The van der Waals surface area contributed by atoms with Crippen molar-refractivity contribution in [2.24, 2.45) is 11.7 Å². The fourth-order valence-corrected chi connectivity index (χ4v) is 1.13. The molecule has 0 heterocycles. The van der Waals surface area contributed by atoms with Crippen LogP contribution in [0.25, 0.3) is 0 Å². The summed E-state index contributed by atoms with van der Waals surface area (Å²) in [4.78, 5) is 0. The van der Waals surface area contributed by atoms with E-state index < -0.39 is 0 Å². The molecule has 56 valence electrons. The first-order valence-electron chi connectivity index (χ1n) is 3.75. The topological polar surface area (TPSA) is 38.0 Å². The monoisotopic (exact) mass is 138 g/mol. The Hall–Kier alpha value is -0.520. The van der Waals surface area contributed by atoms with Crippen LogP contribution < -0.4 is 11.1 Å². The van der Waals surface area contributed by atoms with Crippen LogP contribution in [0, 0.1) is 18.3 Å². The van der Waals surface area contributed by atoms with Crippen LogP contribution >= 0.6 is 0 Å². The number of hydrogen-bond donors (Lipinski definition) is 2. The van der Waals surface area contributed by atoms with Gasteiger partial charge in [-0.2, -0.15) is 0 Å². The van der Waals surface area contributed by atoms with E-state index in [2.05, 4.69) is 11.2 Å². The van der Waals surface area contributed by atoms with Crippen LogP contribution in [0.5, 0.6) is 0 Å². The summed E-state index contributed by atoms with van der Waals surface area (Å²) in [6, 6.07) is 0.469. The van der Waals surface area contributed by atoms with E-state index in [0.29, 0.717) is 19.1 Å². The molecule has 1 aliphatic rings. The van der Waals surface area contributed by atoms with Gasteiger partial charge in [-0.25, -0.2) is 0 Å². The first kappa shape index (κ1) is 7.59. The molecule has 1 aliphatic carbocycles. The predicted octanol–water partition coefficient (Wildman–Crippen LogP) is -0.0535. The van der Waals surface area contributed by atoms with Gasteiger partial charge >= 0.3 is 0 Å². The summed E-state index contributed by atoms with van der Waals surface area (Å²) in [5.41, 5.74) is 5.52. The van der Waals surface area contributed by atoms with E-state index in [1.807, 2.05) is 0 Å². The minimum Gasteiger partial charge on any atom is -0.329 e. The lowest BCUT2D eigenvalue weighted by atomic mass is 10.2. The van der Waals surface area contributed by atoms with E-state index >= 15 is 0 Å². The van der Waals surface area contributed by atoms with Crippen LogP contribution in [-0.2, 0) is 0 Å². The van der Waals surface area contributed by atoms with Gasteiger partial charge in [0.2, 0.25) is 0 Å².